The number of aliphatic hydroxyl groups excluding tert-OH is 2. The van der Waals surface area contributed by atoms with Crippen LogP contribution in [0.2, 0.25) is 0 Å². The lowest BCUT2D eigenvalue weighted by atomic mass is 9.41. The maximum Gasteiger partial charge on any atom is 0.237 e. The van der Waals surface area contributed by atoms with Crippen molar-refractivity contribution < 1.29 is 34.3 Å². The normalized spacial score (nSPS) is 53.8. The molecule has 3 saturated heterocycles. The monoisotopic (exact) mass is 672 g/mol. The zero-order valence-electron chi connectivity index (χ0n) is 30.7. The standard InChI is InChI=1S/C39H64N2O7/c1-22-19-24(31(42)35(4,5)45)47-30-29(22)36(6)14-15-39-21-38(39)13-12-27(34(2,3)25(38)10-11-26(39)37(36,7)32(30)43)48-28-20-41(17-18-46-28)23-9-8-16-40-33(23)44/h22-32,42-43,45H,8-21H2,1-7H3,(H,40,44). The number of ether oxygens (including phenoxy) is 3. The first-order chi connectivity index (χ1) is 22.5. The lowest BCUT2D eigenvalue weighted by Gasteiger charge is -2.64. The lowest BCUT2D eigenvalue weighted by Crippen LogP contribution is -2.60. The Labute approximate surface area is 288 Å². The van der Waals surface area contributed by atoms with Crippen molar-refractivity contribution in [2.75, 3.05) is 26.2 Å². The predicted molar refractivity (Wildman–Crippen MR) is 181 cm³/mol. The van der Waals surface area contributed by atoms with E-state index in [-0.39, 0.29) is 58.0 Å². The van der Waals surface area contributed by atoms with Crippen LogP contribution in [0.5, 0.6) is 0 Å². The van der Waals surface area contributed by atoms with Crippen molar-refractivity contribution in [2.24, 2.45) is 50.7 Å². The van der Waals surface area contributed by atoms with E-state index < -0.39 is 23.9 Å². The third-order valence-corrected chi connectivity index (χ3v) is 16.9. The van der Waals surface area contributed by atoms with Crippen LogP contribution in [-0.4, -0.2) is 101 Å². The van der Waals surface area contributed by atoms with Gasteiger partial charge in [0, 0.05) is 18.5 Å². The maximum absolute atomic E-state index is 12.6. The molecular weight excluding hydrogens is 608 g/mol. The van der Waals surface area contributed by atoms with Crippen LogP contribution in [0.1, 0.15) is 113 Å². The van der Waals surface area contributed by atoms with Gasteiger partial charge in [-0.25, -0.2) is 0 Å². The van der Waals surface area contributed by atoms with Crippen LogP contribution in [0, 0.1) is 50.7 Å². The van der Waals surface area contributed by atoms with Crippen LogP contribution < -0.4 is 5.32 Å². The molecule has 5 saturated carbocycles. The highest BCUT2D eigenvalue weighted by molar-refractivity contribution is 5.82. The van der Waals surface area contributed by atoms with Gasteiger partial charge in [-0.15, -0.1) is 0 Å². The molecular formula is C39H64N2O7. The van der Waals surface area contributed by atoms with E-state index in [0.717, 1.165) is 51.6 Å². The van der Waals surface area contributed by atoms with Gasteiger partial charge in [0.2, 0.25) is 5.91 Å². The third kappa shape index (κ3) is 4.49. The summed E-state index contributed by atoms with van der Waals surface area (Å²) in [5.74, 6) is 1.69. The minimum Gasteiger partial charge on any atom is -0.390 e. The molecule has 272 valence electrons. The first-order valence-electron chi connectivity index (χ1n) is 19.5. The molecule has 15 atom stereocenters. The van der Waals surface area contributed by atoms with Crippen LogP contribution in [0.15, 0.2) is 0 Å². The van der Waals surface area contributed by atoms with Gasteiger partial charge in [-0.1, -0.05) is 34.6 Å². The Morgan fingerprint density at radius 1 is 1.04 bits per heavy atom. The van der Waals surface area contributed by atoms with E-state index >= 15 is 0 Å². The number of morpholine rings is 1. The number of amides is 1. The Morgan fingerprint density at radius 3 is 2.50 bits per heavy atom. The summed E-state index contributed by atoms with van der Waals surface area (Å²) in [6.45, 7) is 18.1. The molecule has 0 radical (unpaired) electrons. The molecule has 9 nitrogen and oxygen atoms in total. The van der Waals surface area contributed by atoms with Gasteiger partial charge in [-0.3, -0.25) is 9.69 Å². The molecule has 0 aromatic rings. The molecule has 8 aliphatic rings. The van der Waals surface area contributed by atoms with Crippen LogP contribution in [0.25, 0.3) is 0 Å². The number of piperidine rings is 1. The Balaban J connectivity index is 1.01. The van der Waals surface area contributed by atoms with E-state index in [1.807, 2.05) is 0 Å². The van der Waals surface area contributed by atoms with Crippen molar-refractivity contribution in [3.63, 3.8) is 0 Å². The van der Waals surface area contributed by atoms with Gasteiger partial charge in [-0.05, 0) is 123 Å². The summed E-state index contributed by atoms with van der Waals surface area (Å²) >= 11 is 0. The SMILES string of the molecule is CC1CC(C(O)C(C)(C)O)OC2C1C1(C)CCC34CC35CCC(OC3CN(C6CCCNC6=O)CCO3)C(C)(C)C5CCC4C1(C)C2O. The number of hydrogen-bond donors (Lipinski definition) is 4. The molecule has 9 heteroatoms. The zero-order valence-corrected chi connectivity index (χ0v) is 30.7. The Bertz CT molecular complexity index is 1290. The summed E-state index contributed by atoms with van der Waals surface area (Å²) < 4.78 is 19.8. The van der Waals surface area contributed by atoms with Crippen molar-refractivity contribution in [1.82, 2.24) is 10.2 Å². The first kappa shape index (κ1) is 34.3. The fourth-order valence-corrected chi connectivity index (χ4v) is 14.5. The third-order valence-electron chi connectivity index (χ3n) is 16.9. The molecule has 8 rings (SSSR count). The van der Waals surface area contributed by atoms with Gasteiger partial charge >= 0.3 is 0 Å². The highest BCUT2D eigenvalue weighted by atomic mass is 16.7. The number of rotatable bonds is 5. The number of hydrogen-bond acceptors (Lipinski definition) is 8. The number of carbonyl (C=O) groups is 1. The molecule has 15 unspecified atom stereocenters. The minimum absolute atomic E-state index is 0.00257. The average Bonchev–Trinajstić information content (AvgIpc) is 3.66. The van der Waals surface area contributed by atoms with E-state index in [4.69, 9.17) is 14.2 Å². The van der Waals surface area contributed by atoms with Crippen molar-refractivity contribution in [1.29, 1.82) is 0 Å². The van der Waals surface area contributed by atoms with Crippen LogP contribution in [0.4, 0.5) is 0 Å². The fourth-order valence-electron chi connectivity index (χ4n) is 14.5. The molecule has 3 heterocycles. The highest BCUT2D eigenvalue weighted by Crippen LogP contribution is 2.89. The molecule has 2 spiro atoms. The largest absolute Gasteiger partial charge is 0.390 e. The summed E-state index contributed by atoms with van der Waals surface area (Å²) in [4.78, 5) is 14.9. The van der Waals surface area contributed by atoms with Gasteiger partial charge in [0.1, 0.15) is 6.10 Å². The molecule has 4 N–H and O–H groups in total. The Morgan fingerprint density at radius 2 is 1.77 bits per heavy atom. The van der Waals surface area contributed by atoms with Gasteiger partial charge in [0.25, 0.3) is 0 Å². The number of carbonyl (C=O) groups excluding carboxylic acids is 1. The van der Waals surface area contributed by atoms with E-state index in [0.29, 0.717) is 42.7 Å². The second-order valence-corrected chi connectivity index (χ2v) is 19.5. The number of nitrogens with one attached hydrogen (secondary N) is 1. The average molecular weight is 673 g/mol. The van der Waals surface area contributed by atoms with E-state index in [2.05, 4.69) is 44.8 Å². The van der Waals surface area contributed by atoms with E-state index in [1.54, 1.807) is 13.8 Å². The highest BCUT2D eigenvalue weighted by Gasteiger charge is 2.84. The maximum atomic E-state index is 12.6. The van der Waals surface area contributed by atoms with Crippen LogP contribution in [-0.2, 0) is 19.0 Å². The number of fused-ring (bicyclic) bond motifs is 4. The van der Waals surface area contributed by atoms with Crippen molar-refractivity contribution in [3.05, 3.63) is 0 Å². The molecule has 48 heavy (non-hydrogen) atoms. The number of aliphatic hydroxyl groups is 3. The van der Waals surface area contributed by atoms with Crippen LogP contribution in [0.3, 0.4) is 0 Å². The summed E-state index contributed by atoms with van der Waals surface area (Å²) in [5.41, 5.74) is -1.01. The van der Waals surface area contributed by atoms with E-state index in [9.17, 15) is 20.1 Å². The van der Waals surface area contributed by atoms with Crippen molar-refractivity contribution in [2.45, 2.75) is 161 Å². The topological polar surface area (TPSA) is 121 Å². The molecule has 8 fully saturated rings. The lowest BCUT2D eigenvalue weighted by molar-refractivity contribution is -0.251. The van der Waals surface area contributed by atoms with Gasteiger partial charge in [0.15, 0.2) is 6.29 Å². The van der Waals surface area contributed by atoms with Crippen molar-refractivity contribution >= 4 is 5.91 Å². The molecule has 1 amide bonds. The first-order valence-corrected chi connectivity index (χ1v) is 19.5. The van der Waals surface area contributed by atoms with Gasteiger partial charge < -0.3 is 34.8 Å². The second-order valence-electron chi connectivity index (χ2n) is 19.5. The summed E-state index contributed by atoms with van der Waals surface area (Å²) in [6, 6.07) is -0.0723. The number of nitrogens with zero attached hydrogens (tertiary/aromatic N) is 1. The second kappa shape index (κ2) is 11.1. The van der Waals surface area contributed by atoms with Crippen LogP contribution >= 0.6 is 0 Å². The summed E-state index contributed by atoms with van der Waals surface area (Å²) in [6.07, 6.45) is 8.17. The molecule has 5 aliphatic carbocycles. The molecule has 0 aromatic heterocycles. The molecule has 0 bridgehead atoms. The smallest absolute Gasteiger partial charge is 0.237 e. The zero-order chi connectivity index (χ0) is 34.2. The molecule has 0 aromatic carbocycles. The Kier molecular flexibility index (Phi) is 7.93. The minimum atomic E-state index is -1.26. The van der Waals surface area contributed by atoms with E-state index in [1.165, 1.54) is 19.3 Å². The molecule has 3 aliphatic heterocycles. The van der Waals surface area contributed by atoms with Gasteiger partial charge in [0.05, 0.1) is 49.2 Å². The predicted octanol–water partition coefficient (Wildman–Crippen LogP) is 4.25. The van der Waals surface area contributed by atoms with Gasteiger partial charge in [-0.2, -0.15) is 0 Å². The Hall–Kier alpha value is -0.810. The fraction of sp³-hybridized carbons (Fsp3) is 0.974. The summed E-state index contributed by atoms with van der Waals surface area (Å²) in [5, 5.41) is 37.2. The quantitative estimate of drug-likeness (QED) is 0.342. The van der Waals surface area contributed by atoms with Crippen molar-refractivity contribution in [3.8, 4) is 0 Å². The summed E-state index contributed by atoms with van der Waals surface area (Å²) in [7, 11) is 0.